The lowest BCUT2D eigenvalue weighted by molar-refractivity contribution is -0.131. The normalized spacial score (nSPS) is 22.7. The van der Waals surface area contributed by atoms with Gasteiger partial charge in [0.2, 0.25) is 0 Å². The van der Waals surface area contributed by atoms with Crippen molar-refractivity contribution in [2.75, 3.05) is 0 Å². The molecule has 1 unspecified atom stereocenters. The Morgan fingerprint density at radius 1 is 1.54 bits per heavy atom. The van der Waals surface area contributed by atoms with Gasteiger partial charge in [0, 0.05) is 12.5 Å². The van der Waals surface area contributed by atoms with E-state index in [-0.39, 0.29) is 12.2 Å². The summed E-state index contributed by atoms with van der Waals surface area (Å²) >= 11 is 0. The van der Waals surface area contributed by atoms with Gasteiger partial charge >= 0.3 is 5.97 Å². The summed E-state index contributed by atoms with van der Waals surface area (Å²) in [4.78, 5) is 10.1. The highest BCUT2D eigenvalue weighted by Gasteiger charge is 2.13. The van der Waals surface area contributed by atoms with Gasteiger partial charge in [-0.3, -0.25) is 0 Å². The molecular formula is C9H10O4. The van der Waals surface area contributed by atoms with E-state index in [0.29, 0.717) is 5.57 Å². The Morgan fingerprint density at radius 2 is 2.23 bits per heavy atom. The standard InChI is InChI=1S/C9H10O4/c10-7-3-1-6(5-8(7)11)2-4-9(12)13/h1-4,8,10-11H,5H2,(H,12,13)/b4-2+. The minimum atomic E-state index is -1.03. The van der Waals surface area contributed by atoms with Crippen molar-refractivity contribution in [3.63, 3.8) is 0 Å². The van der Waals surface area contributed by atoms with Crippen molar-refractivity contribution in [2.45, 2.75) is 12.5 Å². The summed E-state index contributed by atoms with van der Waals surface area (Å²) in [6, 6.07) is 0. The van der Waals surface area contributed by atoms with Crippen LogP contribution in [0, 0.1) is 0 Å². The highest BCUT2D eigenvalue weighted by atomic mass is 16.4. The van der Waals surface area contributed by atoms with Crippen molar-refractivity contribution in [1.29, 1.82) is 0 Å². The molecule has 0 aromatic carbocycles. The van der Waals surface area contributed by atoms with Crippen molar-refractivity contribution in [1.82, 2.24) is 0 Å². The number of hydrogen-bond donors (Lipinski definition) is 3. The highest BCUT2D eigenvalue weighted by molar-refractivity contribution is 5.80. The van der Waals surface area contributed by atoms with Gasteiger partial charge in [0.05, 0.1) is 0 Å². The molecule has 1 aliphatic carbocycles. The van der Waals surface area contributed by atoms with Crippen molar-refractivity contribution >= 4 is 5.97 Å². The number of carbonyl (C=O) groups is 1. The molecule has 4 nitrogen and oxygen atoms in total. The molecule has 0 aromatic heterocycles. The molecule has 0 bridgehead atoms. The monoisotopic (exact) mass is 182 g/mol. The summed E-state index contributed by atoms with van der Waals surface area (Å²) in [6.45, 7) is 0. The first-order chi connectivity index (χ1) is 6.09. The Morgan fingerprint density at radius 3 is 2.77 bits per heavy atom. The number of rotatable bonds is 2. The number of carboxylic acid groups (broad SMARTS) is 1. The zero-order valence-corrected chi connectivity index (χ0v) is 6.84. The lowest BCUT2D eigenvalue weighted by Crippen LogP contribution is -2.13. The fourth-order valence-corrected chi connectivity index (χ4v) is 1.00. The third-order valence-electron chi connectivity index (χ3n) is 1.68. The second-order valence-corrected chi connectivity index (χ2v) is 2.72. The molecule has 0 fully saturated rings. The lowest BCUT2D eigenvalue weighted by atomic mass is 10.0. The predicted molar refractivity (Wildman–Crippen MR) is 46.2 cm³/mol. The molecule has 0 amide bonds. The maximum Gasteiger partial charge on any atom is 0.328 e. The Hall–Kier alpha value is -1.55. The summed E-state index contributed by atoms with van der Waals surface area (Å²) in [5.41, 5.74) is 0.674. The largest absolute Gasteiger partial charge is 0.510 e. The first-order valence-electron chi connectivity index (χ1n) is 3.78. The van der Waals surface area contributed by atoms with Crippen LogP contribution in [0.1, 0.15) is 6.42 Å². The minimum Gasteiger partial charge on any atom is -0.510 e. The maximum absolute atomic E-state index is 10.1. The topological polar surface area (TPSA) is 77.8 Å². The van der Waals surface area contributed by atoms with E-state index in [2.05, 4.69) is 0 Å². The van der Waals surface area contributed by atoms with Crippen LogP contribution >= 0.6 is 0 Å². The second-order valence-electron chi connectivity index (χ2n) is 2.72. The number of allylic oxidation sites excluding steroid dienone is 3. The van der Waals surface area contributed by atoms with Crippen LogP contribution in [-0.4, -0.2) is 27.4 Å². The first kappa shape index (κ1) is 9.54. The third-order valence-corrected chi connectivity index (χ3v) is 1.68. The molecule has 13 heavy (non-hydrogen) atoms. The fourth-order valence-electron chi connectivity index (χ4n) is 1.00. The van der Waals surface area contributed by atoms with Gasteiger partial charge in [0.15, 0.2) is 0 Å². The Labute approximate surface area is 75.1 Å². The van der Waals surface area contributed by atoms with E-state index in [0.717, 1.165) is 6.08 Å². The summed E-state index contributed by atoms with van der Waals surface area (Å²) in [5.74, 6) is -1.12. The van der Waals surface area contributed by atoms with Gasteiger partial charge < -0.3 is 15.3 Å². The molecule has 1 aliphatic rings. The van der Waals surface area contributed by atoms with E-state index in [1.807, 2.05) is 0 Å². The summed E-state index contributed by atoms with van der Waals surface area (Å²) in [6.07, 6.45) is 4.64. The molecule has 0 saturated heterocycles. The number of aliphatic hydroxyl groups excluding tert-OH is 2. The zero-order chi connectivity index (χ0) is 9.84. The number of aliphatic hydroxyl groups is 2. The molecule has 70 valence electrons. The molecule has 0 aromatic rings. The van der Waals surface area contributed by atoms with E-state index in [1.165, 1.54) is 12.2 Å². The Balaban J connectivity index is 2.69. The van der Waals surface area contributed by atoms with Crippen molar-refractivity contribution in [2.24, 2.45) is 0 Å². The fraction of sp³-hybridized carbons (Fsp3) is 0.222. The van der Waals surface area contributed by atoms with E-state index in [1.54, 1.807) is 6.08 Å². The van der Waals surface area contributed by atoms with Gasteiger partial charge in [-0.15, -0.1) is 0 Å². The van der Waals surface area contributed by atoms with Gasteiger partial charge in [-0.1, -0.05) is 12.2 Å². The molecule has 0 aliphatic heterocycles. The number of hydrogen-bond acceptors (Lipinski definition) is 3. The highest BCUT2D eigenvalue weighted by Crippen LogP contribution is 2.17. The third kappa shape index (κ3) is 2.76. The summed E-state index contributed by atoms with van der Waals surface area (Å²) in [7, 11) is 0. The minimum absolute atomic E-state index is 0.0903. The molecule has 0 heterocycles. The van der Waals surface area contributed by atoms with Crippen molar-refractivity contribution in [3.8, 4) is 0 Å². The van der Waals surface area contributed by atoms with Crippen LogP contribution in [0.5, 0.6) is 0 Å². The second kappa shape index (κ2) is 3.91. The smallest absolute Gasteiger partial charge is 0.328 e. The average molecular weight is 182 g/mol. The van der Waals surface area contributed by atoms with E-state index in [4.69, 9.17) is 10.2 Å². The molecule has 3 N–H and O–H groups in total. The molecule has 4 heteroatoms. The Bertz CT molecular complexity index is 299. The van der Waals surface area contributed by atoms with Crippen LogP contribution in [0.4, 0.5) is 0 Å². The summed E-state index contributed by atoms with van der Waals surface area (Å²) < 4.78 is 0. The summed E-state index contributed by atoms with van der Waals surface area (Å²) in [5, 5.41) is 26.5. The molecule has 0 radical (unpaired) electrons. The molecule has 0 spiro atoms. The van der Waals surface area contributed by atoms with Crippen LogP contribution in [0.15, 0.2) is 35.6 Å². The average Bonchev–Trinajstić information content (AvgIpc) is 2.07. The van der Waals surface area contributed by atoms with Crippen LogP contribution in [0.2, 0.25) is 0 Å². The predicted octanol–water partition coefficient (Wildman–Crippen LogP) is 0.760. The van der Waals surface area contributed by atoms with Crippen LogP contribution < -0.4 is 0 Å². The lowest BCUT2D eigenvalue weighted by Gasteiger charge is -2.13. The molecule has 0 saturated carbocycles. The number of aliphatic carboxylic acids is 1. The molecular weight excluding hydrogens is 172 g/mol. The van der Waals surface area contributed by atoms with Gasteiger partial charge in [-0.2, -0.15) is 0 Å². The van der Waals surface area contributed by atoms with Crippen LogP contribution in [0.25, 0.3) is 0 Å². The number of carboxylic acids is 1. The molecule has 1 rings (SSSR count). The van der Waals surface area contributed by atoms with E-state index >= 15 is 0 Å². The maximum atomic E-state index is 10.1. The van der Waals surface area contributed by atoms with Crippen molar-refractivity contribution < 1.29 is 20.1 Å². The quantitative estimate of drug-likeness (QED) is 0.551. The van der Waals surface area contributed by atoms with Gasteiger partial charge in [-0.25, -0.2) is 4.79 Å². The zero-order valence-electron chi connectivity index (χ0n) is 6.84. The van der Waals surface area contributed by atoms with Gasteiger partial charge in [0.25, 0.3) is 0 Å². The Kier molecular flexibility index (Phi) is 2.87. The van der Waals surface area contributed by atoms with E-state index in [9.17, 15) is 9.90 Å². The van der Waals surface area contributed by atoms with Crippen LogP contribution in [0.3, 0.4) is 0 Å². The van der Waals surface area contributed by atoms with Gasteiger partial charge in [-0.05, 0) is 11.6 Å². The van der Waals surface area contributed by atoms with Crippen LogP contribution in [-0.2, 0) is 4.79 Å². The molecule has 1 atom stereocenters. The first-order valence-corrected chi connectivity index (χ1v) is 3.78. The SMILES string of the molecule is O=C(O)/C=C/C1=CC=C(O)C(O)C1. The van der Waals surface area contributed by atoms with E-state index < -0.39 is 12.1 Å². The van der Waals surface area contributed by atoms with Crippen molar-refractivity contribution in [3.05, 3.63) is 35.6 Å². The van der Waals surface area contributed by atoms with Gasteiger partial charge in [0.1, 0.15) is 11.9 Å².